The second kappa shape index (κ2) is 3.97. The molecular weight excluding hydrogens is 162 g/mol. The summed E-state index contributed by atoms with van der Waals surface area (Å²) in [5.41, 5.74) is 0.559. The molecule has 1 saturated carbocycles. The molecular formula is C11H21NO. The lowest BCUT2D eigenvalue weighted by atomic mass is 9.66. The second-order valence-electron chi connectivity index (χ2n) is 4.93. The van der Waals surface area contributed by atoms with Gasteiger partial charge in [-0.15, -0.1) is 0 Å². The van der Waals surface area contributed by atoms with E-state index in [1.807, 2.05) is 0 Å². The van der Waals surface area contributed by atoms with E-state index < -0.39 is 0 Å². The van der Waals surface area contributed by atoms with Gasteiger partial charge in [0.2, 0.25) is 0 Å². The molecule has 76 valence electrons. The van der Waals surface area contributed by atoms with Crippen molar-refractivity contribution in [2.24, 2.45) is 11.3 Å². The highest BCUT2D eigenvalue weighted by Gasteiger charge is 2.36. The third kappa shape index (κ3) is 2.05. The first kappa shape index (κ1) is 9.47. The van der Waals surface area contributed by atoms with Crippen molar-refractivity contribution in [1.29, 1.82) is 0 Å². The Morgan fingerprint density at radius 3 is 2.85 bits per heavy atom. The Morgan fingerprint density at radius 2 is 2.15 bits per heavy atom. The Bertz CT molecular complexity index is 158. The van der Waals surface area contributed by atoms with Gasteiger partial charge in [0.1, 0.15) is 0 Å². The molecule has 0 aromatic heterocycles. The van der Waals surface area contributed by atoms with E-state index in [4.69, 9.17) is 0 Å². The van der Waals surface area contributed by atoms with Gasteiger partial charge in [0.25, 0.3) is 0 Å². The van der Waals surface area contributed by atoms with Crippen LogP contribution in [0.1, 0.15) is 38.5 Å². The molecule has 2 unspecified atom stereocenters. The van der Waals surface area contributed by atoms with Crippen molar-refractivity contribution in [3.8, 4) is 0 Å². The first-order valence-corrected chi connectivity index (χ1v) is 5.66. The molecule has 0 aromatic carbocycles. The maximum atomic E-state index is 9.18. The minimum Gasteiger partial charge on any atom is -0.396 e. The van der Waals surface area contributed by atoms with Gasteiger partial charge in [-0.3, -0.25) is 0 Å². The first-order valence-electron chi connectivity index (χ1n) is 5.66. The van der Waals surface area contributed by atoms with Gasteiger partial charge in [-0.05, 0) is 50.0 Å². The van der Waals surface area contributed by atoms with Crippen LogP contribution in [0.15, 0.2) is 0 Å². The molecule has 1 aliphatic carbocycles. The van der Waals surface area contributed by atoms with E-state index in [2.05, 4.69) is 5.32 Å². The van der Waals surface area contributed by atoms with Gasteiger partial charge in [-0.1, -0.05) is 6.42 Å². The third-order valence-electron chi connectivity index (χ3n) is 3.86. The van der Waals surface area contributed by atoms with E-state index in [-0.39, 0.29) is 0 Å². The highest BCUT2D eigenvalue weighted by atomic mass is 16.3. The number of piperidine rings is 1. The van der Waals surface area contributed by atoms with Crippen molar-refractivity contribution in [3.63, 3.8) is 0 Å². The summed E-state index contributed by atoms with van der Waals surface area (Å²) in [6, 6.07) is 0. The first-order chi connectivity index (χ1) is 6.35. The fraction of sp³-hybridized carbons (Fsp3) is 1.00. The molecule has 1 aliphatic heterocycles. The van der Waals surface area contributed by atoms with Gasteiger partial charge >= 0.3 is 0 Å². The van der Waals surface area contributed by atoms with Gasteiger partial charge < -0.3 is 10.4 Å². The lowest BCUT2D eigenvalue weighted by Gasteiger charge is -2.43. The Kier molecular flexibility index (Phi) is 2.89. The summed E-state index contributed by atoms with van der Waals surface area (Å²) in [4.78, 5) is 0. The number of hydrogen-bond acceptors (Lipinski definition) is 2. The summed E-state index contributed by atoms with van der Waals surface area (Å²) in [5.74, 6) is 0.591. The summed E-state index contributed by atoms with van der Waals surface area (Å²) < 4.78 is 0. The van der Waals surface area contributed by atoms with Gasteiger partial charge in [-0.2, -0.15) is 0 Å². The van der Waals surface area contributed by atoms with Crippen LogP contribution in [0.2, 0.25) is 0 Å². The fourth-order valence-corrected chi connectivity index (χ4v) is 3.16. The van der Waals surface area contributed by atoms with E-state index in [1.165, 1.54) is 51.6 Å². The third-order valence-corrected chi connectivity index (χ3v) is 3.86. The van der Waals surface area contributed by atoms with Crippen LogP contribution < -0.4 is 5.32 Å². The fourth-order valence-electron chi connectivity index (χ4n) is 3.16. The van der Waals surface area contributed by atoms with Gasteiger partial charge in [0.05, 0.1) is 0 Å². The lowest BCUT2D eigenvalue weighted by molar-refractivity contribution is 0.0710. The van der Waals surface area contributed by atoms with Crippen molar-refractivity contribution in [2.45, 2.75) is 38.5 Å². The molecule has 2 N–H and O–H groups in total. The molecule has 2 nitrogen and oxygen atoms in total. The zero-order valence-electron chi connectivity index (χ0n) is 8.39. The molecule has 2 aliphatic rings. The molecule has 1 saturated heterocycles. The van der Waals surface area contributed by atoms with Gasteiger partial charge in [0.15, 0.2) is 0 Å². The molecule has 0 bridgehead atoms. The zero-order valence-corrected chi connectivity index (χ0v) is 8.39. The molecule has 13 heavy (non-hydrogen) atoms. The molecule has 2 atom stereocenters. The van der Waals surface area contributed by atoms with Crippen LogP contribution in [0, 0.1) is 11.3 Å². The second-order valence-corrected chi connectivity index (χ2v) is 4.93. The van der Waals surface area contributed by atoms with E-state index in [9.17, 15) is 5.11 Å². The molecule has 0 aromatic rings. The smallest absolute Gasteiger partial charge is 0.0459 e. The number of aliphatic hydroxyl groups excluding tert-OH is 1. The van der Waals surface area contributed by atoms with Crippen molar-refractivity contribution in [2.75, 3.05) is 19.7 Å². The van der Waals surface area contributed by atoms with Crippen molar-refractivity contribution >= 4 is 0 Å². The maximum absolute atomic E-state index is 9.18. The minimum atomic E-state index is 0.405. The highest BCUT2D eigenvalue weighted by Crippen LogP contribution is 2.43. The summed E-state index contributed by atoms with van der Waals surface area (Å²) in [5, 5.41) is 12.7. The molecule has 0 amide bonds. The van der Waals surface area contributed by atoms with E-state index >= 15 is 0 Å². The maximum Gasteiger partial charge on any atom is 0.0459 e. The standard InChI is InChI=1S/C11H21NO/c13-8-10-3-1-4-11(7-10)5-2-6-12-9-11/h10,12-13H,1-9H2. The van der Waals surface area contributed by atoms with Crippen LogP contribution >= 0.6 is 0 Å². The van der Waals surface area contributed by atoms with Crippen LogP contribution in [0.25, 0.3) is 0 Å². The van der Waals surface area contributed by atoms with E-state index in [0.717, 1.165) is 0 Å². The van der Waals surface area contributed by atoms with Crippen LogP contribution in [0.4, 0.5) is 0 Å². The highest BCUT2D eigenvalue weighted by molar-refractivity contribution is 4.90. The SMILES string of the molecule is OCC1CCCC2(CCCNC2)C1. The minimum absolute atomic E-state index is 0.405. The monoisotopic (exact) mass is 183 g/mol. The Balaban J connectivity index is 1.95. The topological polar surface area (TPSA) is 32.3 Å². The van der Waals surface area contributed by atoms with Crippen molar-refractivity contribution in [1.82, 2.24) is 5.32 Å². The molecule has 2 fully saturated rings. The molecule has 1 heterocycles. The molecule has 2 rings (SSSR count). The normalized spacial score (nSPS) is 40.8. The molecule has 2 heteroatoms. The predicted molar refractivity (Wildman–Crippen MR) is 53.6 cm³/mol. The van der Waals surface area contributed by atoms with Crippen molar-refractivity contribution < 1.29 is 5.11 Å². The van der Waals surface area contributed by atoms with Crippen LogP contribution in [-0.4, -0.2) is 24.8 Å². The molecule has 1 spiro atoms. The quantitative estimate of drug-likeness (QED) is 0.646. The van der Waals surface area contributed by atoms with E-state index in [1.54, 1.807) is 0 Å². The average Bonchev–Trinajstić information content (AvgIpc) is 2.19. The van der Waals surface area contributed by atoms with E-state index in [0.29, 0.717) is 17.9 Å². The van der Waals surface area contributed by atoms with Gasteiger partial charge in [0, 0.05) is 13.2 Å². The Hall–Kier alpha value is -0.0800. The summed E-state index contributed by atoms with van der Waals surface area (Å²) in [7, 11) is 0. The number of hydrogen-bond donors (Lipinski definition) is 2. The van der Waals surface area contributed by atoms with Crippen molar-refractivity contribution in [3.05, 3.63) is 0 Å². The predicted octanol–water partition coefficient (Wildman–Crippen LogP) is 1.54. The zero-order chi connectivity index (χ0) is 9.15. The van der Waals surface area contributed by atoms with Crippen LogP contribution in [-0.2, 0) is 0 Å². The molecule has 0 radical (unpaired) electrons. The van der Waals surface area contributed by atoms with Crippen LogP contribution in [0.5, 0.6) is 0 Å². The Morgan fingerprint density at radius 1 is 1.31 bits per heavy atom. The Labute approximate surface area is 80.7 Å². The van der Waals surface area contributed by atoms with Crippen LogP contribution in [0.3, 0.4) is 0 Å². The largest absolute Gasteiger partial charge is 0.396 e. The number of rotatable bonds is 1. The number of nitrogens with one attached hydrogen (secondary N) is 1. The summed E-state index contributed by atoms with van der Waals surface area (Å²) in [6.45, 7) is 2.80. The number of aliphatic hydroxyl groups is 1. The summed E-state index contributed by atoms with van der Waals surface area (Å²) in [6.07, 6.45) is 7.94. The van der Waals surface area contributed by atoms with Gasteiger partial charge in [-0.25, -0.2) is 0 Å². The average molecular weight is 183 g/mol. The lowest BCUT2D eigenvalue weighted by Crippen LogP contribution is -2.43. The summed E-state index contributed by atoms with van der Waals surface area (Å²) >= 11 is 0.